The molecule has 17 heavy (non-hydrogen) atoms. The van der Waals surface area contributed by atoms with E-state index in [0.29, 0.717) is 11.6 Å². The summed E-state index contributed by atoms with van der Waals surface area (Å²) in [6, 6.07) is 7.29. The molecule has 1 aromatic rings. The van der Waals surface area contributed by atoms with Crippen LogP contribution in [0.5, 0.6) is 0 Å². The molecule has 3 nitrogen and oxygen atoms in total. The van der Waals surface area contributed by atoms with Gasteiger partial charge in [-0.3, -0.25) is 0 Å². The third-order valence-electron chi connectivity index (χ3n) is 3.24. The van der Waals surface area contributed by atoms with Gasteiger partial charge in [-0.2, -0.15) is 0 Å². The Balaban J connectivity index is 1.88. The maximum Gasteiger partial charge on any atom is 0.0916 e. The first-order chi connectivity index (χ1) is 8.15. The van der Waals surface area contributed by atoms with E-state index < -0.39 is 6.10 Å². The first-order valence-corrected chi connectivity index (χ1v) is 6.37. The van der Waals surface area contributed by atoms with E-state index in [4.69, 9.17) is 11.6 Å². The van der Waals surface area contributed by atoms with Gasteiger partial charge in [0.05, 0.1) is 12.2 Å². The molecule has 4 heteroatoms. The molecule has 0 unspecified atom stereocenters. The number of halogens is 1. The molecule has 1 saturated heterocycles. The highest BCUT2D eigenvalue weighted by Crippen LogP contribution is 2.19. The van der Waals surface area contributed by atoms with E-state index >= 15 is 0 Å². The standard InChI is InChI=1S/C13H18ClNO2/c14-11-3-1-10(2-4-11)13(17)9-15-7-5-12(16)6-8-15/h1-4,12-13,16-17H,5-9H2/t13-/m0/s1. The summed E-state index contributed by atoms with van der Waals surface area (Å²) < 4.78 is 0. The Morgan fingerprint density at radius 3 is 2.41 bits per heavy atom. The average molecular weight is 256 g/mol. The van der Waals surface area contributed by atoms with E-state index in [-0.39, 0.29) is 6.10 Å². The van der Waals surface area contributed by atoms with Crippen molar-refractivity contribution in [2.45, 2.75) is 25.0 Å². The van der Waals surface area contributed by atoms with Crippen molar-refractivity contribution in [2.24, 2.45) is 0 Å². The first-order valence-electron chi connectivity index (χ1n) is 5.99. The SMILES string of the molecule is OC1CCN(C[C@H](O)c2ccc(Cl)cc2)CC1. The zero-order valence-corrected chi connectivity index (χ0v) is 10.5. The summed E-state index contributed by atoms with van der Waals surface area (Å²) in [6.07, 6.45) is 0.946. The zero-order chi connectivity index (χ0) is 12.3. The van der Waals surface area contributed by atoms with Crippen LogP contribution in [0.2, 0.25) is 5.02 Å². The summed E-state index contributed by atoms with van der Waals surface area (Å²) in [5.41, 5.74) is 0.889. The van der Waals surface area contributed by atoms with Crippen molar-refractivity contribution in [3.63, 3.8) is 0 Å². The summed E-state index contributed by atoms with van der Waals surface area (Å²) in [5.74, 6) is 0. The molecule has 0 aliphatic carbocycles. The highest BCUT2D eigenvalue weighted by molar-refractivity contribution is 6.30. The van der Waals surface area contributed by atoms with Gasteiger partial charge in [0, 0.05) is 24.7 Å². The van der Waals surface area contributed by atoms with Crippen molar-refractivity contribution in [3.05, 3.63) is 34.9 Å². The highest BCUT2D eigenvalue weighted by atomic mass is 35.5. The maximum atomic E-state index is 10.1. The lowest BCUT2D eigenvalue weighted by Gasteiger charge is -2.31. The van der Waals surface area contributed by atoms with Crippen molar-refractivity contribution in [3.8, 4) is 0 Å². The second-order valence-electron chi connectivity index (χ2n) is 4.60. The van der Waals surface area contributed by atoms with Gasteiger partial charge in [0.15, 0.2) is 0 Å². The third-order valence-corrected chi connectivity index (χ3v) is 3.49. The fourth-order valence-electron chi connectivity index (χ4n) is 2.14. The minimum atomic E-state index is -0.484. The number of aliphatic hydroxyl groups excluding tert-OH is 2. The molecule has 2 N–H and O–H groups in total. The van der Waals surface area contributed by atoms with E-state index in [2.05, 4.69) is 4.90 Å². The predicted molar refractivity (Wildman–Crippen MR) is 68.1 cm³/mol. The zero-order valence-electron chi connectivity index (χ0n) is 9.72. The monoisotopic (exact) mass is 255 g/mol. The van der Waals surface area contributed by atoms with Crippen LogP contribution in [0.25, 0.3) is 0 Å². The quantitative estimate of drug-likeness (QED) is 0.866. The third kappa shape index (κ3) is 3.68. The van der Waals surface area contributed by atoms with Gasteiger partial charge in [0.25, 0.3) is 0 Å². The minimum absolute atomic E-state index is 0.168. The van der Waals surface area contributed by atoms with Crippen molar-refractivity contribution in [2.75, 3.05) is 19.6 Å². The van der Waals surface area contributed by atoms with Crippen LogP contribution < -0.4 is 0 Å². The molecule has 2 rings (SSSR count). The van der Waals surface area contributed by atoms with Crippen LogP contribution in [0.15, 0.2) is 24.3 Å². The van der Waals surface area contributed by atoms with Gasteiger partial charge in [-0.25, -0.2) is 0 Å². The molecule has 1 heterocycles. The Labute approximate surface area is 107 Å². The van der Waals surface area contributed by atoms with Crippen molar-refractivity contribution in [1.82, 2.24) is 4.90 Å². The number of β-amino-alcohol motifs (C(OH)–C–C–N with tert-alkyl or cyclic N) is 1. The number of aliphatic hydroxyl groups is 2. The Bertz CT molecular complexity index is 347. The first kappa shape index (κ1) is 12.8. The Kier molecular flexibility index (Phi) is 4.40. The highest BCUT2D eigenvalue weighted by Gasteiger charge is 2.19. The topological polar surface area (TPSA) is 43.7 Å². The number of rotatable bonds is 3. The summed E-state index contributed by atoms with van der Waals surface area (Å²) in [6.45, 7) is 2.33. The molecule has 0 saturated carbocycles. The molecule has 1 aliphatic heterocycles. The summed E-state index contributed by atoms with van der Waals surface area (Å²) in [4.78, 5) is 2.19. The summed E-state index contributed by atoms with van der Waals surface area (Å²) in [7, 11) is 0. The summed E-state index contributed by atoms with van der Waals surface area (Å²) >= 11 is 5.80. The number of nitrogens with zero attached hydrogens (tertiary/aromatic N) is 1. The van der Waals surface area contributed by atoms with Crippen LogP contribution in [0.3, 0.4) is 0 Å². The van der Waals surface area contributed by atoms with Crippen molar-refractivity contribution >= 4 is 11.6 Å². The largest absolute Gasteiger partial charge is 0.393 e. The Hall–Kier alpha value is -0.610. The second-order valence-corrected chi connectivity index (χ2v) is 5.04. The lowest BCUT2D eigenvalue weighted by Crippen LogP contribution is -2.38. The molecule has 0 bridgehead atoms. The molecule has 1 aromatic carbocycles. The van der Waals surface area contributed by atoms with E-state index in [1.807, 2.05) is 12.1 Å². The van der Waals surface area contributed by atoms with E-state index in [1.165, 1.54) is 0 Å². The molecule has 1 atom stereocenters. The predicted octanol–water partition coefficient (Wildman–Crippen LogP) is 1.83. The van der Waals surface area contributed by atoms with E-state index in [1.54, 1.807) is 12.1 Å². The van der Waals surface area contributed by atoms with Crippen LogP contribution in [0.1, 0.15) is 24.5 Å². The molecule has 94 valence electrons. The van der Waals surface area contributed by atoms with Gasteiger partial charge in [-0.15, -0.1) is 0 Å². The number of hydrogen-bond acceptors (Lipinski definition) is 3. The van der Waals surface area contributed by atoms with Crippen LogP contribution >= 0.6 is 11.6 Å². The molecule has 0 amide bonds. The van der Waals surface area contributed by atoms with Crippen molar-refractivity contribution < 1.29 is 10.2 Å². The number of piperidine rings is 1. The molecular weight excluding hydrogens is 238 g/mol. The average Bonchev–Trinajstić information content (AvgIpc) is 2.33. The van der Waals surface area contributed by atoms with Crippen LogP contribution in [-0.4, -0.2) is 40.9 Å². The summed E-state index contributed by atoms with van der Waals surface area (Å²) in [5, 5.41) is 20.2. The lowest BCUT2D eigenvalue weighted by atomic mass is 10.1. The fraction of sp³-hybridized carbons (Fsp3) is 0.538. The smallest absolute Gasteiger partial charge is 0.0916 e. The molecule has 0 radical (unpaired) electrons. The van der Waals surface area contributed by atoms with Gasteiger partial charge >= 0.3 is 0 Å². The van der Waals surface area contributed by atoms with Crippen molar-refractivity contribution in [1.29, 1.82) is 0 Å². The molecule has 1 fully saturated rings. The minimum Gasteiger partial charge on any atom is -0.393 e. The van der Waals surface area contributed by atoms with Gasteiger partial charge in [0.2, 0.25) is 0 Å². The number of likely N-dealkylation sites (tertiary alicyclic amines) is 1. The van der Waals surface area contributed by atoms with Crippen LogP contribution in [0, 0.1) is 0 Å². The van der Waals surface area contributed by atoms with E-state index in [0.717, 1.165) is 31.5 Å². The Morgan fingerprint density at radius 1 is 1.24 bits per heavy atom. The van der Waals surface area contributed by atoms with Gasteiger partial charge in [-0.05, 0) is 30.5 Å². The van der Waals surface area contributed by atoms with Gasteiger partial charge in [0.1, 0.15) is 0 Å². The van der Waals surface area contributed by atoms with E-state index in [9.17, 15) is 10.2 Å². The lowest BCUT2D eigenvalue weighted by molar-refractivity contribution is 0.0508. The Morgan fingerprint density at radius 2 is 1.82 bits per heavy atom. The molecule has 1 aliphatic rings. The molecule has 0 aromatic heterocycles. The van der Waals surface area contributed by atoms with Gasteiger partial charge < -0.3 is 15.1 Å². The normalized spacial score (nSPS) is 20.4. The number of hydrogen-bond donors (Lipinski definition) is 2. The second kappa shape index (κ2) is 5.83. The fourth-order valence-corrected chi connectivity index (χ4v) is 2.26. The van der Waals surface area contributed by atoms with Crippen LogP contribution in [-0.2, 0) is 0 Å². The number of benzene rings is 1. The molecule has 0 spiro atoms. The maximum absolute atomic E-state index is 10.1. The van der Waals surface area contributed by atoms with Gasteiger partial charge in [-0.1, -0.05) is 23.7 Å². The van der Waals surface area contributed by atoms with Crippen LogP contribution in [0.4, 0.5) is 0 Å². The molecular formula is C13H18ClNO2.